The SMILES string of the molecule is COc1ccccc1CCC(=O)N1CCC[C@H](c2ncc3c(n2)CCN(C)C3)C1. The van der Waals surface area contributed by atoms with E-state index in [4.69, 9.17) is 9.72 Å². The van der Waals surface area contributed by atoms with E-state index < -0.39 is 0 Å². The molecule has 0 unspecified atom stereocenters. The summed E-state index contributed by atoms with van der Waals surface area (Å²) in [6, 6.07) is 7.92. The molecule has 1 atom stereocenters. The molecular formula is C23H30N4O2. The van der Waals surface area contributed by atoms with Gasteiger partial charge in [0.1, 0.15) is 11.6 Å². The van der Waals surface area contributed by atoms with Gasteiger partial charge in [-0.2, -0.15) is 0 Å². The Hall–Kier alpha value is -2.47. The third-order valence-corrected chi connectivity index (χ3v) is 6.08. The van der Waals surface area contributed by atoms with Crippen LogP contribution >= 0.6 is 0 Å². The minimum Gasteiger partial charge on any atom is -0.496 e. The normalized spacial score (nSPS) is 19.7. The number of piperidine rings is 1. The molecule has 1 amide bonds. The number of nitrogens with zero attached hydrogens (tertiary/aromatic N) is 4. The second kappa shape index (κ2) is 8.91. The Morgan fingerprint density at radius 3 is 3.00 bits per heavy atom. The molecule has 4 rings (SSSR count). The summed E-state index contributed by atoms with van der Waals surface area (Å²) in [6.07, 6.45) is 6.24. The van der Waals surface area contributed by atoms with Crippen molar-refractivity contribution in [2.24, 2.45) is 0 Å². The molecule has 2 aromatic rings. The average molecular weight is 395 g/mol. The Labute approximate surface area is 172 Å². The molecule has 1 aromatic carbocycles. The van der Waals surface area contributed by atoms with Crippen LogP contribution in [0.1, 0.15) is 47.8 Å². The highest BCUT2D eigenvalue weighted by atomic mass is 16.5. The molecule has 6 heteroatoms. The Morgan fingerprint density at radius 1 is 1.28 bits per heavy atom. The van der Waals surface area contributed by atoms with Crippen molar-refractivity contribution in [1.82, 2.24) is 19.8 Å². The van der Waals surface area contributed by atoms with Crippen molar-refractivity contribution in [2.75, 3.05) is 33.8 Å². The van der Waals surface area contributed by atoms with E-state index >= 15 is 0 Å². The van der Waals surface area contributed by atoms with Gasteiger partial charge in [0.2, 0.25) is 5.91 Å². The number of carbonyl (C=O) groups excluding carboxylic acids is 1. The maximum Gasteiger partial charge on any atom is 0.222 e. The van der Waals surface area contributed by atoms with Gasteiger partial charge in [-0.25, -0.2) is 9.97 Å². The molecule has 1 fully saturated rings. The summed E-state index contributed by atoms with van der Waals surface area (Å²) in [5.41, 5.74) is 3.51. The minimum atomic E-state index is 0.209. The van der Waals surface area contributed by atoms with Crippen LogP contribution < -0.4 is 4.74 Å². The van der Waals surface area contributed by atoms with Gasteiger partial charge in [-0.1, -0.05) is 18.2 Å². The number of hydrogen-bond donors (Lipinski definition) is 0. The number of amides is 1. The van der Waals surface area contributed by atoms with Crippen molar-refractivity contribution in [1.29, 1.82) is 0 Å². The van der Waals surface area contributed by atoms with Crippen LogP contribution in [0.15, 0.2) is 30.5 Å². The molecule has 2 aliphatic heterocycles. The number of benzene rings is 1. The summed E-state index contributed by atoms with van der Waals surface area (Å²) in [4.78, 5) is 26.7. The Balaban J connectivity index is 1.38. The zero-order valence-electron chi connectivity index (χ0n) is 17.4. The van der Waals surface area contributed by atoms with Gasteiger partial charge in [0.25, 0.3) is 0 Å². The van der Waals surface area contributed by atoms with E-state index in [1.165, 1.54) is 11.3 Å². The zero-order chi connectivity index (χ0) is 20.2. The van der Waals surface area contributed by atoms with Crippen LogP contribution in [0, 0.1) is 0 Å². The molecule has 2 aliphatic rings. The second-order valence-electron chi connectivity index (χ2n) is 8.18. The number of likely N-dealkylation sites (N-methyl/N-ethyl adjacent to an activating group) is 1. The van der Waals surface area contributed by atoms with Gasteiger partial charge >= 0.3 is 0 Å². The average Bonchev–Trinajstić information content (AvgIpc) is 2.77. The van der Waals surface area contributed by atoms with Crippen LogP contribution in [-0.2, 0) is 24.2 Å². The number of para-hydroxylation sites is 1. The lowest BCUT2D eigenvalue weighted by Crippen LogP contribution is -2.39. The van der Waals surface area contributed by atoms with E-state index in [1.807, 2.05) is 35.4 Å². The fourth-order valence-electron chi connectivity index (χ4n) is 4.39. The number of fused-ring (bicyclic) bond motifs is 1. The van der Waals surface area contributed by atoms with E-state index in [-0.39, 0.29) is 11.8 Å². The van der Waals surface area contributed by atoms with E-state index in [0.29, 0.717) is 12.8 Å². The van der Waals surface area contributed by atoms with Crippen LogP contribution in [0.4, 0.5) is 0 Å². The predicted octanol–water partition coefficient (Wildman–Crippen LogP) is 2.81. The molecule has 0 saturated carbocycles. The summed E-state index contributed by atoms with van der Waals surface area (Å²) >= 11 is 0. The molecule has 154 valence electrons. The van der Waals surface area contributed by atoms with Crippen molar-refractivity contribution in [3.05, 3.63) is 53.1 Å². The lowest BCUT2D eigenvalue weighted by Gasteiger charge is -2.33. The summed E-state index contributed by atoms with van der Waals surface area (Å²) < 4.78 is 5.41. The van der Waals surface area contributed by atoms with E-state index in [9.17, 15) is 4.79 Å². The number of methoxy groups -OCH3 is 1. The topological polar surface area (TPSA) is 58.6 Å². The number of likely N-dealkylation sites (tertiary alicyclic amines) is 1. The number of ether oxygens (including phenoxy) is 1. The predicted molar refractivity (Wildman–Crippen MR) is 112 cm³/mol. The van der Waals surface area contributed by atoms with Crippen LogP contribution in [0.3, 0.4) is 0 Å². The lowest BCUT2D eigenvalue weighted by molar-refractivity contribution is -0.132. The van der Waals surface area contributed by atoms with Crippen molar-refractivity contribution < 1.29 is 9.53 Å². The molecule has 0 radical (unpaired) electrons. The number of aromatic nitrogens is 2. The van der Waals surface area contributed by atoms with Crippen LogP contribution in [0.5, 0.6) is 5.75 Å². The van der Waals surface area contributed by atoms with Crippen molar-refractivity contribution in [3.63, 3.8) is 0 Å². The van der Waals surface area contributed by atoms with Gasteiger partial charge in [-0.15, -0.1) is 0 Å². The first-order valence-electron chi connectivity index (χ1n) is 10.6. The number of rotatable bonds is 5. The standard InChI is InChI=1S/C23H30N4O2/c1-26-13-11-20-19(15-26)14-24-23(25-20)18-7-5-12-27(16-18)22(28)10-9-17-6-3-4-8-21(17)29-2/h3-4,6,8,14,18H,5,7,9-13,15-16H2,1-2H3/t18-/m0/s1. The lowest BCUT2D eigenvalue weighted by atomic mass is 9.96. The highest BCUT2D eigenvalue weighted by Crippen LogP contribution is 2.27. The van der Waals surface area contributed by atoms with Gasteiger partial charge in [-0.3, -0.25) is 4.79 Å². The van der Waals surface area contributed by atoms with E-state index in [0.717, 1.165) is 62.6 Å². The van der Waals surface area contributed by atoms with Crippen LogP contribution in [0.2, 0.25) is 0 Å². The quantitative estimate of drug-likeness (QED) is 0.781. The monoisotopic (exact) mass is 394 g/mol. The Bertz CT molecular complexity index is 870. The van der Waals surface area contributed by atoms with Gasteiger partial charge in [0.05, 0.1) is 7.11 Å². The van der Waals surface area contributed by atoms with E-state index in [2.05, 4.69) is 16.9 Å². The number of carbonyl (C=O) groups is 1. The maximum atomic E-state index is 12.9. The first kappa shape index (κ1) is 19.8. The molecule has 3 heterocycles. The largest absolute Gasteiger partial charge is 0.496 e. The van der Waals surface area contributed by atoms with Gasteiger partial charge in [0, 0.05) is 62.4 Å². The third kappa shape index (κ3) is 4.58. The number of hydrogen-bond acceptors (Lipinski definition) is 5. The van der Waals surface area contributed by atoms with Crippen LogP contribution in [0.25, 0.3) is 0 Å². The molecule has 0 aliphatic carbocycles. The Kier molecular flexibility index (Phi) is 6.09. The first-order chi connectivity index (χ1) is 14.1. The summed E-state index contributed by atoms with van der Waals surface area (Å²) in [5, 5.41) is 0. The summed E-state index contributed by atoms with van der Waals surface area (Å²) in [6.45, 7) is 3.52. The molecule has 6 nitrogen and oxygen atoms in total. The molecule has 1 aromatic heterocycles. The van der Waals surface area contributed by atoms with Gasteiger partial charge < -0.3 is 14.5 Å². The van der Waals surface area contributed by atoms with Gasteiger partial charge in [-0.05, 0) is 37.9 Å². The molecule has 0 bridgehead atoms. The number of aryl methyl sites for hydroxylation is 1. The van der Waals surface area contributed by atoms with Crippen LogP contribution in [-0.4, -0.2) is 59.5 Å². The molecule has 29 heavy (non-hydrogen) atoms. The smallest absolute Gasteiger partial charge is 0.222 e. The fraction of sp³-hybridized carbons (Fsp3) is 0.522. The van der Waals surface area contributed by atoms with Gasteiger partial charge in [0.15, 0.2) is 0 Å². The van der Waals surface area contributed by atoms with Crippen molar-refractivity contribution in [2.45, 2.75) is 44.6 Å². The molecule has 1 saturated heterocycles. The summed E-state index contributed by atoms with van der Waals surface area (Å²) in [7, 11) is 3.80. The molecule has 0 N–H and O–H groups in total. The summed E-state index contributed by atoms with van der Waals surface area (Å²) in [5.74, 6) is 2.21. The fourth-order valence-corrected chi connectivity index (χ4v) is 4.39. The molecule has 0 spiro atoms. The highest BCUT2D eigenvalue weighted by molar-refractivity contribution is 5.76. The van der Waals surface area contributed by atoms with Crippen molar-refractivity contribution >= 4 is 5.91 Å². The molecular weight excluding hydrogens is 364 g/mol. The first-order valence-corrected chi connectivity index (χ1v) is 10.6. The zero-order valence-corrected chi connectivity index (χ0v) is 17.4. The third-order valence-electron chi connectivity index (χ3n) is 6.08. The minimum absolute atomic E-state index is 0.209. The van der Waals surface area contributed by atoms with E-state index in [1.54, 1.807) is 7.11 Å². The highest BCUT2D eigenvalue weighted by Gasteiger charge is 2.27. The maximum absolute atomic E-state index is 12.9. The Morgan fingerprint density at radius 2 is 2.14 bits per heavy atom. The van der Waals surface area contributed by atoms with Crippen molar-refractivity contribution in [3.8, 4) is 5.75 Å². The second-order valence-corrected chi connectivity index (χ2v) is 8.18.